The molecule has 7 nitrogen and oxygen atoms in total. The molecule has 7 heteroatoms. The first-order valence-corrected chi connectivity index (χ1v) is 10.4. The zero-order valence-corrected chi connectivity index (χ0v) is 17.6. The number of benzene rings is 3. The number of amides is 2. The first-order chi connectivity index (χ1) is 15.5. The monoisotopic (exact) mass is 430 g/mol. The zero-order chi connectivity index (χ0) is 22.4. The molecule has 0 bridgehead atoms. The maximum absolute atomic E-state index is 13.6. The van der Waals surface area contributed by atoms with E-state index in [9.17, 15) is 14.4 Å². The van der Waals surface area contributed by atoms with Crippen molar-refractivity contribution in [3.05, 3.63) is 72.3 Å². The van der Waals surface area contributed by atoms with Crippen LogP contribution in [0.15, 0.2) is 66.7 Å². The Labute approximate surface area is 184 Å². The van der Waals surface area contributed by atoms with Crippen molar-refractivity contribution < 1.29 is 23.9 Å². The van der Waals surface area contributed by atoms with E-state index in [0.29, 0.717) is 11.4 Å². The SMILES string of the molecule is COC(=O)[C@H]1N[C@@H](c2cccc3ccccc23)[C@H]2C(=O)N(c3ccc(OC)cc3)C(=O)[C@H]21. The van der Waals surface area contributed by atoms with Gasteiger partial charge in [-0.15, -0.1) is 0 Å². The van der Waals surface area contributed by atoms with Gasteiger partial charge in [-0.3, -0.25) is 19.7 Å². The van der Waals surface area contributed by atoms with Crippen LogP contribution in [0.5, 0.6) is 5.75 Å². The van der Waals surface area contributed by atoms with Gasteiger partial charge in [0, 0.05) is 6.04 Å². The number of fused-ring (bicyclic) bond motifs is 2. The van der Waals surface area contributed by atoms with Crippen LogP contribution in [0.25, 0.3) is 10.8 Å². The molecule has 0 aliphatic carbocycles. The van der Waals surface area contributed by atoms with Crippen LogP contribution in [0.3, 0.4) is 0 Å². The number of methoxy groups -OCH3 is 2. The summed E-state index contributed by atoms with van der Waals surface area (Å²) in [5, 5.41) is 5.23. The standard InChI is InChI=1S/C25H22N2O5/c1-31-16-12-10-15(11-13-16)27-23(28)19-20(24(27)29)22(25(30)32-2)26-21(19)18-9-5-7-14-6-3-4-8-17(14)18/h3-13,19-22,26H,1-2H3/t19-,20+,21-,22-/m0/s1. The molecular formula is C25H22N2O5. The summed E-state index contributed by atoms with van der Waals surface area (Å²) in [6, 6.07) is 19.0. The zero-order valence-electron chi connectivity index (χ0n) is 17.6. The van der Waals surface area contributed by atoms with Gasteiger partial charge in [-0.25, -0.2) is 4.90 Å². The van der Waals surface area contributed by atoms with Crippen LogP contribution in [0.1, 0.15) is 11.6 Å². The van der Waals surface area contributed by atoms with E-state index in [2.05, 4.69) is 5.32 Å². The minimum absolute atomic E-state index is 0.331. The third-order valence-corrected chi connectivity index (χ3v) is 6.42. The second-order valence-corrected chi connectivity index (χ2v) is 7.98. The summed E-state index contributed by atoms with van der Waals surface area (Å²) in [4.78, 5) is 40.8. The fourth-order valence-corrected chi connectivity index (χ4v) is 4.95. The van der Waals surface area contributed by atoms with Crippen molar-refractivity contribution in [1.29, 1.82) is 0 Å². The van der Waals surface area contributed by atoms with Crippen molar-refractivity contribution in [2.45, 2.75) is 12.1 Å². The number of anilines is 1. The lowest BCUT2D eigenvalue weighted by atomic mass is 9.85. The van der Waals surface area contributed by atoms with Crippen molar-refractivity contribution in [2.24, 2.45) is 11.8 Å². The Kier molecular flexibility index (Phi) is 4.90. The Bertz CT molecular complexity index is 1220. The van der Waals surface area contributed by atoms with E-state index in [1.54, 1.807) is 31.4 Å². The first kappa shape index (κ1) is 20.2. The van der Waals surface area contributed by atoms with Crippen LogP contribution in [0, 0.1) is 11.8 Å². The van der Waals surface area contributed by atoms with E-state index < -0.39 is 35.8 Å². The van der Waals surface area contributed by atoms with Crippen LogP contribution < -0.4 is 15.0 Å². The summed E-state index contributed by atoms with van der Waals surface area (Å²) in [6.45, 7) is 0. The maximum Gasteiger partial charge on any atom is 0.323 e. The Morgan fingerprint density at radius 1 is 0.875 bits per heavy atom. The van der Waals surface area contributed by atoms with Crippen LogP contribution in [-0.4, -0.2) is 38.0 Å². The fraction of sp³-hybridized carbons (Fsp3) is 0.240. The number of hydrogen-bond acceptors (Lipinski definition) is 6. The van der Waals surface area contributed by atoms with E-state index in [1.807, 2.05) is 42.5 Å². The molecule has 1 N–H and O–H groups in total. The van der Waals surface area contributed by atoms with Gasteiger partial charge in [-0.05, 0) is 40.6 Å². The molecule has 0 spiro atoms. The number of rotatable bonds is 4. The van der Waals surface area contributed by atoms with Crippen molar-refractivity contribution in [2.75, 3.05) is 19.1 Å². The molecule has 2 fully saturated rings. The Morgan fingerprint density at radius 2 is 1.56 bits per heavy atom. The molecule has 0 saturated carbocycles. The van der Waals surface area contributed by atoms with Crippen LogP contribution in [-0.2, 0) is 19.1 Å². The highest BCUT2D eigenvalue weighted by Crippen LogP contribution is 2.46. The molecule has 2 aliphatic heterocycles. The largest absolute Gasteiger partial charge is 0.497 e. The number of nitrogens with zero attached hydrogens (tertiary/aromatic N) is 1. The van der Waals surface area contributed by atoms with E-state index >= 15 is 0 Å². The average molecular weight is 430 g/mol. The molecule has 2 heterocycles. The van der Waals surface area contributed by atoms with Gasteiger partial charge in [0.15, 0.2) is 0 Å². The molecule has 5 rings (SSSR count). The highest BCUT2D eigenvalue weighted by molar-refractivity contribution is 6.23. The van der Waals surface area contributed by atoms with Gasteiger partial charge in [0.2, 0.25) is 11.8 Å². The topological polar surface area (TPSA) is 84.9 Å². The number of imide groups is 1. The van der Waals surface area contributed by atoms with Crippen LogP contribution >= 0.6 is 0 Å². The summed E-state index contributed by atoms with van der Waals surface area (Å²) in [7, 11) is 2.83. The van der Waals surface area contributed by atoms with E-state index in [-0.39, 0.29) is 5.91 Å². The molecule has 4 atom stereocenters. The minimum Gasteiger partial charge on any atom is -0.497 e. The fourth-order valence-electron chi connectivity index (χ4n) is 4.95. The van der Waals surface area contributed by atoms with Crippen molar-refractivity contribution in [3.8, 4) is 5.75 Å². The third-order valence-electron chi connectivity index (χ3n) is 6.42. The second kappa shape index (κ2) is 7.76. The summed E-state index contributed by atoms with van der Waals surface area (Å²) < 4.78 is 10.1. The molecule has 3 aromatic rings. The molecule has 0 radical (unpaired) electrons. The predicted octanol–water partition coefficient (Wildman–Crippen LogP) is 2.84. The highest BCUT2D eigenvalue weighted by Gasteiger charge is 2.61. The molecule has 2 saturated heterocycles. The smallest absolute Gasteiger partial charge is 0.323 e. The number of ether oxygens (including phenoxy) is 2. The number of nitrogens with one attached hydrogen (secondary N) is 1. The molecule has 3 aromatic carbocycles. The van der Waals surface area contributed by atoms with Crippen molar-refractivity contribution in [3.63, 3.8) is 0 Å². The molecular weight excluding hydrogens is 408 g/mol. The van der Waals surface area contributed by atoms with Gasteiger partial charge in [0.05, 0.1) is 31.7 Å². The number of hydrogen-bond donors (Lipinski definition) is 1. The Morgan fingerprint density at radius 3 is 2.28 bits per heavy atom. The third kappa shape index (κ3) is 2.97. The normalized spacial score (nSPS) is 24.6. The lowest BCUT2D eigenvalue weighted by molar-refractivity contribution is -0.145. The van der Waals surface area contributed by atoms with E-state index in [4.69, 9.17) is 9.47 Å². The quantitative estimate of drug-likeness (QED) is 0.506. The van der Waals surface area contributed by atoms with E-state index in [0.717, 1.165) is 16.3 Å². The lowest BCUT2D eigenvalue weighted by Gasteiger charge is -2.23. The summed E-state index contributed by atoms with van der Waals surface area (Å²) in [5.74, 6) is -2.24. The Balaban J connectivity index is 1.61. The average Bonchev–Trinajstić information content (AvgIpc) is 3.35. The van der Waals surface area contributed by atoms with Crippen molar-refractivity contribution in [1.82, 2.24) is 5.32 Å². The van der Waals surface area contributed by atoms with Crippen LogP contribution in [0.2, 0.25) is 0 Å². The van der Waals surface area contributed by atoms with Gasteiger partial charge in [0.1, 0.15) is 11.8 Å². The molecule has 162 valence electrons. The highest BCUT2D eigenvalue weighted by atomic mass is 16.5. The Hall–Kier alpha value is -3.71. The lowest BCUT2D eigenvalue weighted by Crippen LogP contribution is -2.43. The van der Waals surface area contributed by atoms with E-state index in [1.165, 1.54) is 12.0 Å². The van der Waals surface area contributed by atoms with Gasteiger partial charge in [-0.2, -0.15) is 0 Å². The molecule has 0 unspecified atom stereocenters. The number of carbonyl (C=O) groups excluding carboxylic acids is 3. The summed E-state index contributed by atoms with van der Waals surface area (Å²) in [6.07, 6.45) is 0. The number of esters is 1. The first-order valence-electron chi connectivity index (χ1n) is 10.4. The van der Waals surface area contributed by atoms with Gasteiger partial charge in [-0.1, -0.05) is 42.5 Å². The molecule has 0 aromatic heterocycles. The molecule has 2 amide bonds. The summed E-state index contributed by atoms with van der Waals surface area (Å²) >= 11 is 0. The number of carbonyl (C=O) groups is 3. The van der Waals surface area contributed by atoms with Gasteiger partial charge >= 0.3 is 5.97 Å². The summed E-state index contributed by atoms with van der Waals surface area (Å²) in [5.41, 5.74) is 1.33. The second-order valence-electron chi connectivity index (χ2n) is 7.98. The minimum atomic E-state index is -0.909. The molecule has 2 aliphatic rings. The molecule has 32 heavy (non-hydrogen) atoms. The van der Waals surface area contributed by atoms with Crippen LogP contribution in [0.4, 0.5) is 5.69 Å². The maximum atomic E-state index is 13.6. The van der Waals surface area contributed by atoms with Gasteiger partial charge in [0.25, 0.3) is 0 Å². The predicted molar refractivity (Wildman–Crippen MR) is 118 cm³/mol. The van der Waals surface area contributed by atoms with Gasteiger partial charge < -0.3 is 9.47 Å². The van der Waals surface area contributed by atoms with Crippen molar-refractivity contribution >= 4 is 34.2 Å².